The Balaban J connectivity index is 0.000000191. The minimum Gasteiger partial charge on any atom is -0.399 e. The van der Waals surface area contributed by atoms with Gasteiger partial charge in [-0.25, -0.2) is 0 Å². The molecule has 2 rings (SSSR count). The van der Waals surface area contributed by atoms with E-state index in [1.54, 1.807) is 42.5 Å². The second kappa shape index (κ2) is 6.90. The maximum atomic E-state index is 8.43. The van der Waals surface area contributed by atoms with Crippen LogP contribution in [-0.2, 0) is 0 Å². The van der Waals surface area contributed by atoms with E-state index in [2.05, 4.69) is 0 Å². The second-order valence-electron chi connectivity index (χ2n) is 3.58. The second-order valence-corrected chi connectivity index (χ2v) is 3.99. The van der Waals surface area contributed by atoms with Gasteiger partial charge in [0.1, 0.15) is 6.07 Å². The van der Waals surface area contributed by atoms with E-state index in [-0.39, 0.29) is 0 Å². The Morgan fingerprint density at radius 1 is 0.842 bits per heavy atom. The minimum atomic E-state index is 0.405. The van der Waals surface area contributed by atoms with Crippen LogP contribution in [-0.4, -0.2) is 0 Å². The van der Waals surface area contributed by atoms with Crippen LogP contribution in [0.25, 0.3) is 0 Å². The van der Waals surface area contributed by atoms with Gasteiger partial charge in [-0.05, 0) is 42.5 Å². The van der Waals surface area contributed by atoms with Crippen LogP contribution in [0.5, 0.6) is 0 Å². The number of nitrogens with two attached hydrogens (primary N) is 2. The third-order valence-electron chi connectivity index (χ3n) is 2.15. The molecule has 0 aromatic heterocycles. The normalized spacial score (nSPS) is 8.58. The summed E-state index contributed by atoms with van der Waals surface area (Å²) in [4.78, 5) is 0. The highest BCUT2D eigenvalue weighted by Gasteiger charge is 1.96. The summed E-state index contributed by atoms with van der Waals surface area (Å²) in [6.45, 7) is 0. The Hall–Kier alpha value is -2.69. The molecule has 4 N–H and O–H groups in total. The number of hydrogen-bond acceptors (Lipinski definition) is 4. The molecule has 19 heavy (non-hydrogen) atoms. The fourth-order valence-electron chi connectivity index (χ4n) is 1.18. The molecule has 0 saturated carbocycles. The topological polar surface area (TPSA) is 99.6 Å². The highest BCUT2D eigenvalue weighted by Crippen LogP contribution is 2.17. The summed E-state index contributed by atoms with van der Waals surface area (Å²) in [7, 11) is 0. The van der Waals surface area contributed by atoms with Crippen LogP contribution >= 0.6 is 11.6 Å². The molecule has 0 bridgehead atoms. The van der Waals surface area contributed by atoms with Crippen molar-refractivity contribution < 1.29 is 0 Å². The monoisotopic (exact) mass is 270 g/mol. The number of hydrogen-bond donors (Lipinski definition) is 2. The van der Waals surface area contributed by atoms with Crippen molar-refractivity contribution in [2.45, 2.75) is 0 Å². The number of anilines is 2. The molecule has 0 atom stereocenters. The van der Waals surface area contributed by atoms with Gasteiger partial charge in [-0.1, -0.05) is 11.6 Å². The molecule has 0 spiro atoms. The van der Waals surface area contributed by atoms with E-state index in [1.807, 2.05) is 12.1 Å². The minimum absolute atomic E-state index is 0.405. The smallest absolute Gasteiger partial charge is 0.101 e. The molecular formula is C14H11ClN4. The third-order valence-corrected chi connectivity index (χ3v) is 2.47. The number of benzene rings is 2. The van der Waals surface area contributed by atoms with Crippen LogP contribution < -0.4 is 11.5 Å². The van der Waals surface area contributed by atoms with Crippen molar-refractivity contribution in [1.29, 1.82) is 10.5 Å². The molecule has 2 aromatic carbocycles. The van der Waals surface area contributed by atoms with E-state index >= 15 is 0 Å². The number of nitrogens with zero attached hydrogens (tertiary/aromatic N) is 2. The third kappa shape index (κ3) is 4.59. The summed E-state index contributed by atoms with van der Waals surface area (Å²) in [5.41, 5.74) is 13.1. The number of nitrogen functional groups attached to an aromatic ring is 2. The van der Waals surface area contributed by atoms with E-state index in [0.717, 1.165) is 0 Å². The lowest BCUT2D eigenvalue weighted by atomic mass is 10.2. The van der Waals surface area contributed by atoms with Gasteiger partial charge in [0.25, 0.3) is 0 Å². The molecule has 4 nitrogen and oxygen atoms in total. The molecule has 0 aliphatic heterocycles. The van der Waals surface area contributed by atoms with Crippen molar-refractivity contribution in [2.75, 3.05) is 11.5 Å². The van der Waals surface area contributed by atoms with Gasteiger partial charge in [0.05, 0.1) is 22.2 Å². The lowest BCUT2D eigenvalue weighted by Gasteiger charge is -1.94. The molecule has 0 unspecified atom stereocenters. The molecule has 94 valence electrons. The summed E-state index contributed by atoms with van der Waals surface area (Å²) in [6, 6.07) is 15.5. The van der Waals surface area contributed by atoms with E-state index in [9.17, 15) is 0 Å². The maximum absolute atomic E-state index is 8.43. The summed E-state index contributed by atoms with van der Waals surface area (Å²) < 4.78 is 0. The average Bonchev–Trinajstić information content (AvgIpc) is 2.40. The zero-order chi connectivity index (χ0) is 14.3. The number of halogens is 1. The molecule has 0 saturated heterocycles. The van der Waals surface area contributed by atoms with Crippen molar-refractivity contribution >= 4 is 23.0 Å². The molecule has 0 heterocycles. The Labute approximate surface area is 116 Å². The molecule has 2 aromatic rings. The number of nitriles is 2. The van der Waals surface area contributed by atoms with Gasteiger partial charge < -0.3 is 11.5 Å². The maximum Gasteiger partial charge on any atom is 0.101 e. The van der Waals surface area contributed by atoms with Gasteiger partial charge in [0.15, 0.2) is 0 Å². The lowest BCUT2D eigenvalue weighted by Crippen LogP contribution is -1.84. The van der Waals surface area contributed by atoms with Crippen molar-refractivity contribution in [3.05, 3.63) is 58.6 Å². The van der Waals surface area contributed by atoms with Crippen LogP contribution in [0.2, 0.25) is 5.02 Å². The molecule has 0 aliphatic rings. The van der Waals surface area contributed by atoms with E-state index < -0.39 is 0 Å². The first-order valence-corrected chi connectivity index (χ1v) is 5.65. The van der Waals surface area contributed by atoms with Gasteiger partial charge in [-0.15, -0.1) is 0 Å². The quantitative estimate of drug-likeness (QED) is 0.719. The van der Waals surface area contributed by atoms with E-state index in [4.69, 9.17) is 33.6 Å². The first-order valence-electron chi connectivity index (χ1n) is 5.27. The van der Waals surface area contributed by atoms with Crippen molar-refractivity contribution in [3.8, 4) is 12.1 Å². The Morgan fingerprint density at radius 3 is 1.89 bits per heavy atom. The molecular weight excluding hydrogens is 260 g/mol. The average molecular weight is 271 g/mol. The molecule has 0 amide bonds. The first kappa shape index (κ1) is 14.4. The summed E-state index contributed by atoms with van der Waals surface area (Å²) >= 11 is 5.63. The van der Waals surface area contributed by atoms with Crippen molar-refractivity contribution in [1.82, 2.24) is 0 Å². The summed E-state index contributed by atoms with van der Waals surface area (Å²) in [5, 5.41) is 17.2. The Morgan fingerprint density at radius 2 is 1.42 bits per heavy atom. The molecule has 5 heteroatoms. The predicted octanol–water partition coefficient (Wildman–Crippen LogP) is 2.93. The lowest BCUT2D eigenvalue weighted by molar-refractivity contribution is 1.48. The Kier molecular flexibility index (Phi) is 5.22. The largest absolute Gasteiger partial charge is 0.399 e. The fourth-order valence-corrected chi connectivity index (χ4v) is 1.41. The summed E-state index contributed by atoms with van der Waals surface area (Å²) in [5.74, 6) is 0. The van der Waals surface area contributed by atoms with Gasteiger partial charge >= 0.3 is 0 Å². The van der Waals surface area contributed by atoms with Crippen LogP contribution in [0, 0.1) is 22.7 Å². The van der Waals surface area contributed by atoms with E-state index in [1.165, 1.54) is 0 Å². The zero-order valence-electron chi connectivity index (χ0n) is 9.97. The van der Waals surface area contributed by atoms with Crippen LogP contribution in [0.3, 0.4) is 0 Å². The van der Waals surface area contributed by atoms with Crippen molar-refractivity contribution in [3.63, 3.8) is 0 Å². The molecule has 0 fully saturated rings. The highest BCUT2D eigenvalue weighted by atomic mass is 35.5. The van der Waals surface area contributed by atoms with Crippen LogP contribution in [0.15, 0.2) is 42.5 Å². The molecule has 0 radical (unpaired) electrons. The van der Waals surface area contributed by atoms with Gasteiger partial charge in [-0.3, -0.25) is 0 Å². The van der Waals surface area contributed by atoms with Crippen LogP contribution in [0.1, 0.15) is 11.1 Å². The predicted molar refractivity (Wildman–Crippen MR) is 76.1 cm³/mol. The Bertz CT molecular complexity index is 636. The standard InChI is InChI=1S/C7H5ClN2.C7H6N2/c8-7-3-6(10)2-1-5(7)4-9;8-5-6-1-3-7(9)4-2-6/h1-3H,10H2;1-4H,9H2. The SMILES string of the molecule is N#Cc1ccc(N)cc1.N#Cc1ccc(N)cc1Cl. The van der Waals surface area contributed by atoms with Gasteiger partial charge in [0, 0.05) is 11.4 Å². The fraction of sp³-hybridized carbons (Fsp3) is 0. The molecule has 0 aliphatic carbocycles. The zero-order valence-corrected chi connectivity index (χ0v) is 10.7. The first-order chi connectivity index (χ1) is 9.06. The van der Waals surface area contributed by atoms with Crippen LogP contribution in [0.4, 0.5) is 11.4 Å². The highest BCUT2D eigenvalue weighted by molar-refractivity contribution is 6.32. The summed E-state index contributed by atoms with van der Waals surface area (Å²) in [6.07, 6.45) is 0. The van der Waals surface area contributed by atoms with E-state index in [0.29, 0.717) is 27.5 Å². The number of rotatable bonds is 0. The van der Waals surface area contributed by atoms with Crippen molar-refractivity contribution in [2.24, 2.45) is 0 Å². The van der Waals surface area contributed by atoms with Gasteiger partial charge in [0.2, 0.25) is 0 Å². The van der Waals surface area contributed by atoms with Gasteiger partial charge in [-0.2, -0.15) is 10.5 Å².